The molecule has 1 aromatic heterocycles. The number of unbranched alkanes of at least 4 members (excludes halogenated alkanes) is 3. The molecule has 5 nitrogen and oxygen atoms in total. The van der Waals surface area contributed by atoms with Crippen molar-refractivity contribution < 1.29 is 14.4 Å². The maximum absolute atomic E-state index is 10.8. The van der Waals surface area contributed by atoms with E-state index in [1.807, 2.05) is 24.3 Å². The predicted molar refractivity (Wildman–Crippen MR) is 86.4 cm³/mol. The van der Waals surface area contributed by atoms with Crippen LogP contribution in [-0.2, 0) is 11.2 Å². The molecule has 0 saturated heterocycles. The van der Waals surface area contributed by atoms with Crippen molar-refractivity contribution in [3.63, 3.8) is 0 Å². The Balaban J connectivity index is 1.71. The zero-order valence-electron chi connectivity index (χ0n) is 12.2. The van der Waals surface area contributed by atoms with Crippen molar-refractivity contribution in [2.24, 2.45) is 0 Å². The molecule has 0 aliphatic carbocycles. The highest BCUT2D eigenvalue weighted by Crippen LogP contribution is 2.23. The second kappa shape index (κ2) is 8.70. The summed E-state index contributed by atoms with van der Waals surface area (Å²) in [5.74, 6) is 1.19. The van der Waals surface area contributed by atoms with Crippen molar-refractivity contribution in [3.8, 4) is 11.3 Å². The van der Waals surface area contributed by atoms with E-state index in [1.54, 1.807) is 11.7 Å². The Morgan fingerprint density at radius 3 is 2.64 bits per heavy atom. The number of nitrogens with zero attached hydrogens (tertiary/aromatic N) is 1. The molecule has 0 atom stereocenters. The first-order valence-electron chi connectivity index (χ1n) is 7.32. The van der Waals surface area contributed by atoms with Crippen molar-refractivity contribution in [2.75, 3.05) is 0 Å². The number of oxazole rings is 1. The first kappa shape index (κ1) is 16.7. The van der Waals surface area contributed by atoms with Crippen LogP contribution in [0.5, 0.6) is 0 Å². The van der Waals surface area contributed by atoms with E-state index in [-0.39, 0.29) is 5.91 Å². The van der Waals surface area contributed by atoms with Crippen LogP contribution in [0.3, 0.4) is 0 Å². The van der Waals surface area contributed by atoms with Gasteiger partial charge in [-0.2, -0.15) is 0 Å². The molecule has 118 valence electrons. The number of hydrogen-bond donors (Lipinski definition) is 2. The minimum Gasteiger partial charge on any atom is -0.441 e. The summed E-state index contributed by atoms with van der Waals surface area (Å²) in [6, 6.07) is 7.92. The number of carbonyl (C=O) groups excluding carboxylic acids is 1. The predicted octanol–water partition coefficient (Wildman–Crippen LogP) is 4.10. The quantitative estimate of drug-likeness (QED) is 0.418. The van der Waals surface area contributed by atoms with Crippen molar-refractivity contribution in [3.05, 3.63) is 40.8 Å². The molecule has 1 amide bonds. The van der Waals surface area contributed by atoms with Gasteiger partial charge < -0.3 is 4.42 Å². The summed E-state index contributed by atoms with van der Waals surface area (Å²) in [6.07, 6.45) is 6.63. The lowest BCUT2D eigenvalue weighted by Gasteiger charge is -2.00. The van der Waals surface area contributed by atoms with E-state index in [0.717, 1.165) is 53.8 Å². The summed E-state index contributed by atoms with van der Waals surface area (Å²) >= 11 is 3.41. The van der Waals surface area contributed by atoms with Crippen LogP contribution in [0.4, 0.5) is 0 Å². The van der Waals surface area contributed by atoms with Gasteiger partial charge in [-0.3, -0.25) is 10.0 Å². The average Bonchev–Trinajstić information content (AvgIpc) is 3.00. The summed E-state index contributed by atoms with van der Waals surface area (Å²) in [5.41, 5.74) is 2.65. The fraction of sp³-hybridized carbons (Fsp3) is 0.375. The topological polar surface area (TPSA) is 75.4 Å². The van der Waals surface area contributed by atoms with Gasteiger partial charge in [-0.1, -0.05) is 40.9 Å². The minimum atomic E-state index is -0.327. The molecule has 0 saturated carbocycles. The van der Waals surface area contributed by atoms with Crippen molar-refractivity contribution in [2.45, 2.75) is 38.5 Å². The number of hydrogen-bond acceptors (Lipinski definition) is 4. The number of rotatable bonds is 8. The molecule has 0 fully saturated rings. The Bertz CT molecular complexity index is 596. The van der Waals surface area contributed by atoms with Crippen LogP contribution < -0.4 is 5.48 Å². The molecule has 2 rings (SSSR count). The summed E-state index contributed by atoms with van der Waals surface area (Å²) in [5, 5.41) is 8.37. The second-order valence-corrected chi connectivity index (χ2v) is 5.99. The molecule has 1 heterocycles. The van der Waals surface area contributed by atoms with Gasteiger partial charge in [-0.05, 0) is 25.0 Å². The normalized spacial score (nSPS) is 10.6. The Hall–Kier alpha value is -1.66. The summed E-state index contributed by atoms with van der Waals surface area (Å²) in [4.78, 5) is 15.1. The van der Waals surface area contributed by atoms with E-state index in [2.05, 4.69) is 20.9 Å². The van der Waals surface area contributed by atoms with E-state index in [9.17, 15) is 4.79 Å². The number of hydroxylamine groups is 1. The van der Waals surface area contributed by atoms with Gasteiger partial charge in [0.05, 0.1) is 6.20 Å². The van der Waals surface area contributed by atoms with E-state index in [0.29, 0.717) is 6.42 Å². The van der Waals surface area contributed by atoms with E-state index < -0.39 is 0 Å². The lowest BCUT2D eigenvalue weighted by molar-refractivity contribution is -0.129. The van der Waals surface area contributed by atoms with Crippen LogP contribution in [0.25, 0.3) is 11.3 Å². The van der Waals surface area contributed by atoms with Gasteiger partial charge in [0.2, 0.25) is 5.91 Å². The van der Waals surface area contributed by atoms with Crippen molar-refractivity contribution in [1.29, 1.82) is 0 Å². The Morgan fingerprint density at radius 1 is 1.18 bits per heavy atom. The van der Waals surface area contributed by atoms with Gasteiger partial charge in [0, 0.05) is 22.9 Å². The summed E-state index contributed by atoms with van der Waals surface area (Å²) in [6.45, 7) is 0. The molecule has 22 heavy (non-hydrogen) atoms. The Kier molecular flexibility index (Phi) is 6.61. The van der Waals surface area contributed by atoms with E-state index >= 15 is 0 Å². The van der Waals surface area contributed by atoms with Crippen molar-refractivity contribution >= 4 is 21.8 Å². The van der Waals surface area contributed by atoms with Gasteiger partial charge in [0.25, 0.3) is 0 Å². The number of carbonyl (C=O) groups is 1. The average molecular weight is 367 g/mol. The largest absolute Gasteiger partial charge is 0.441 e. The summed E-state index contributed by atoms with van der Waals surface area (Å²) < 4.78 is 6.78. The third-order valence-corrected chi connectivity index (χ3v) is 3.88. The lowest BCUT2D eigenvalue weighted by Crippen LogP contribution is -2.17. The first-order chi connectivity index (χ1) is 10.7. The number of aryl methyl sites for hydroxylation is 1. The molecular formula is C16H19BrN2O3. The highest BCUT2D eigenvalue weighted by atomic mass is 79.9. The highest BCUT2D eigenvalue weighted by molar-refractivity contribution is 9.10. The zero-order valence-corrected chi connectivity index (χ0v) is 13.8. The van der Waals surface area contributed by atoms with Gasteiger partial charge in [0.15, 0.2) is 11.7 Å². The SMILES string of the molecule is O=C(CCCCCCc1ncc(-c2ccc(Br)cc2)o1)NO. The molecule has 2 N–H and O–H groups in total. The van der Waals surface area contributed by atoms with E-state index in [4.69, 9.17) is 9.62 Å². The molecule has 2 aromatic rings. The van der Waals surface area contributed by atoms with Gasteiger partial charge in [0.1, 0.15) is 0 Å². The van der Waals surface area contributed by atoms with Gasteiger partial charge in [-0.25, -0.2) is 10.5 Å². The van der Waals surface area contributed by atoms with Crippen LogP contribution in [0.15, 0.2) is 39.4 Å². The molecule has 0 bridgehead atoms. The highest BCUT2D eigenvalue weighted by Gasteiger charge is 2.06. The molecule has 0 unspecified atom stereocenters. The number of amides is 1. The Morgan fingerprint density at radius 2 is 1.91 bits per heavy atom. The van der Waals surface area contributed by atoms with Crippen LogP contribution in [0.2, 0.25) is 0 Å². The van der Waals surface area contributed by atoms with Crippen LogP contribution >= 0.6 is 15.9 Å². The molecular weight excluding hydrogens is 348 g/mol. The summed E-state index contributed by atoms with van der Waals surface area (Å²) in [7, 11) is 0. The molecule has 0 spiro atoms. The van der Waals surface area contributed by atoms with Gasteiger partial charge in [-0.15, -0.1) is 0 Å². The molecule has 1 aromatic carbocycles. The van der Waals surface area contributed by atoms with Gasteiger partial charge >= 0.3 is 0 Å². The molecule has 0 radical (unpaired) electrons. The zero-order chi connectivity index (χ0) is 15.8. The third-order valence-electron chi connectivity index (χ3n) is 3.35. The third kappa shape index (κ3) is 5.27. The van der Waals surface area contributed by atoms with Crippen molar-refractivity contribution in [1.82, 2.24) is 10.5 Å². The minimum absolute atomic E-state index is 0.327. The molecule has 6 heteroatoms. The lowest BCUT2D eigenvalue weighted by atomic mass is 10.1. The van der Waals surface area contributed by atoms with Crippen LogP contribution in [0.1, 0.15) is 38.0 Å². The fourth-order valence-electron chi connectivity index (χ4n) is 2.14. The standard InChI is InChI=1S/C16H19BrN2O3/c17-13-9-7-12(8-10-13)14-11-18-16(22-14)6-4-2-1-3-5-15(20)19-21/h7-11,21H,1-6H2,(H,19,20). The molecule has 0 aliphatic rings. The van der Waals surface area contributed by atoms with Crippen LogP contribution in [-0.4, -0.2) is 16.1 Å². The number of halogens is 1. The molecule has 0 aliphatic heterocycles. The number of benzene rings is 1. The maximum atomic E-state index is 10.8. The first-order valence-corrected chi connectivity index (χ1v) is 8.12. The van der Waals surface area contributed by atoms with E-state index in [1.165, 1.54) is 0 Å². The fourth-order valence-corrected chi connectivity index (χ4v) is 2.41. The maximum Gasteiger partial charge on any atom is 0.243 e. The smallest absolute Gasteiger partial charge is 0.243 e. The number of aromatic nitrogens is 1. The Labute approximate surface area is 137 Å². The monoisotopic (exact) mass is 366 g/mol. The second-order valence-electron chi connectivity index (χ2n) is 5.07. The number of nitrogens with one attached hydrogen (secondary N) is 1. The van der Waals surface area contributed by atoms with Crippen LogP contribution in [0, 0.1) is 0 Å².